The highest BCUT2D eigenvalue weighted by Crippen LogP contribution is 2.18. The molecular weight excluding hydrogens is 316 g/mol. The van der Waals surface area contributed by atoms with E-state index in [0.717, 1.165) is 29.6 Å². The first kappa shape index (κ1) is 19.5. The summed E-state index contributed by atoms with van der Waals surface area (Å²) in [6.07, 6.45) is 2.42. The van der Waals surface area contributed by atoms with Crippen molar-refractivity contribution >= 4 is 28.8 Å². The van der Waals surface area contributed by atoms with Crippen molar-refractivity contribution in [2.45, 2.75) is 45.8 Å². The molecule has 0 aromatic rings. The van der Waals surface area contributed by atoms with E-state index in [2.05, 4.69) is 16.0 Å². The van der Waals surface area contributed by atoms with E-state index >= 15 is 0 Å². The van der Waals surface area contributed by atoms with Gasteiger partial charge in [0.2, 0.25) is 0 Å². The van der Waals surface area contributed by atoms with Crippen molar-refractivity contribution in [3.63, 3.8) is 0 Å². The minimum atomic E-state index is -0.562. The molecule has 0 saturated carbocycles. The molecule has 1 unspecified atom stereocenters. The van der Waals surface area contributed by atoms with Gasteiger partial charge in [0.05, 0.1) is 0 Å². The second kappa shape index (κ2) is 8.93. The number of rotatable bonds is 4. The van der Waals surface area contributed by atoms with Crippen LogP contribution in [-0.4, -0.2) is 48.3 Å². The number of ether oxygens (including phenoxy) is 1. The van der Waals surface area contributed by atoms with Crippen molar-refractivity contribution in [2.75, 3.05) is 19.6 Å². The van der Waals surface area contributed by atoms with Crippen LogP contribution in [0.1, 0.15) is 34.1 Å². The van der Waals surface area contributed by atoms with E-state index in [4.69, 9.17) is 10.1 Å². The molecule has 1 atom stereocenters. The van der Waals surface area contributed by atoms with Crippen LogP contribution in [0.4, 0.5) is 4.79 Å². The molecule has 7 nitrogen and oxygen atoms in total. The van der Waals surface area contributed by atoms with Crippen molar-refractivity contribution in [2.24, 2.45) is 0 Å². The van der Waals surface area contributed by atoms with Gasteiger partial charge in [-0.25, -0.2) is 4.79 Å². The van der Waals surface area contributed by atoms with Gasteiger partial charge in [0.25, 0.3) is 5.91 Å². The van der Waals surface area contributed by atoms with E-state index in [0.29, 0.717) is 6.54 Å². The third-order valence-electron chi connectivity index (χ3n) is 2.76. The van der Waals surface area contributed by atoms with E-state index in [1.54, 1.807) is 27.7 Å². The zero-order valence-electron chi connectivity index (χ0n) is 14.1. The van der Waals surface area contributed by atoms with Crippen LogP contribution in [0.25, 0.3) is 0 Å². The minimum absolute atomic E-state index is 0.0515. The fourth-order valence-electron chi connectivity index (χ4n) is 1.76. The first-order valence-corrected chi connectivity index (χ1v) is 8.43. The predicted molar refractivity (Wildman–Crippen MR) is 92.7 cm³/mol. The number of hydrogen-bond acceptors (Lipinski definition) is 6. The highest BCUT2D eigenvalue weighted by Gasteiger charge is 2.19. The number of thioether (sulfide) groups is 1. The monoisotopic (exact) mass is 342 g/mol. The summed E-state index contributed by atoms with van der Waals surface area (Å²) >= 11 is 1.16. The second-order valence-electron chi connectivity index (χ2n) is 6.32. The Kier molecular flexibility index (Phi) is 7.57. The van der Waals surface area contributed by atoms with Crippen LogP contribution in [0.15, 0.2) is 11.0 Å². The van der Waals surface area contributed by atoms with E-state index in [1.807, 2.05) is 6.08 Å². The quantitative estimate of drug-likeness (QED) is 0.459. The summed E-state index contributed by atoms with van der Waals surface area (Å²) in [7, 11) is 0. The molecule has 8 heteroatoms. The normalized spacial score (nSPS) is 16.1. The summed E-state index contributed by atoms with van der Waals surface area (Å²) in [6, 6.07) is -0.290. The summed E-state index contributed by atoms with van der Waals surface area (Å²) in [6.45, 7) is 8.96. The molecule has 0 aromatic heterocycles. The summed E-state index contributed by atoms with van der Waals surface area (Å²) in [5, 5.41) is 16.2. The molecule has 4 N–H and O–H groups in total. The Morgan fingerprint density at radius 1 is 1.48 bits per heavy atom. The Morgan fingerprint density at radius 2 is 2.17 bits per heavy atom. The SMILES string of the molecule is CC(CNC(=O)C(=N)SC1=CCCNC1)NC(=O)OC(C)(C)C. The van der Waals surface area contributed by atoms with Gasteiger partial charge in [0, 0.05) is 24.0 Å². The molecule has 0 bridgehead atoms. The Morgan fingerprint density at radius 3 is 2.74 bits per heavy atom. The Bertz CT molecular complexity index is 486. The number of carbonyl (C=O) groups is 2. The molecule has 2 amide bonds. The third kappa shape index (κ3) is 8.61. The van der Waals surface area contributed by atoms with Gasteiger partial charge in [-0.1, -0.05) is 17.8 Å². The lowest BCUT2D eigenvalue weighted by atomic mass is 10.2. The zero-order chi connectivity index (χ0) is 17.5. The van der Waals surface area contributed by atoms with Gasteiger partial charge in [-0.05, 0) is 40.7 Å². The maximum atomic E-state index is 11.9. The Labute approximate surface area is 141 Å². The van der Waals surface area contributed by atoms with Gasteiger partial charge in [-0.2, -0.15) is 0 Å². The highest BCUT2D eigenvalue weighted by molar-refractivity contribution is 8.18. The molecule has 0 saturated heterocycles. The molecule has 0 radical (unpaired) electrons. The van der Waals surface area contributed by atoms with Gasteiger partial charge >= 0.3 is 6.09 Å². The van der Waals surface area contributed by atoms with Crippen LogP contribution in [0.3, 0.4) is 0 Å². The highest BCUT2D eigenvalue weighted by atomic mass is 32.2. The average molecular weight is 342 g/mol. The predicted octanol–water partition coefficient (Wildman–Crippen LogP) is 1.60. The number of carbonyl (C=O) groups excluding carboxylic acids is 2. The molecule has 130 valence electrons. The van der Waals surface area contributed by atoms with E-state index in [9.17, 15) is 9.59 Å². The second-order valence-corrected chi connectivity index (χ2v) is 7.46. The lowest BCUT2D eigenvalue weighted by Crippen LogP contribution is -2.44. The van der Waals surface area contributed by atoms with Crippen LogP contribution in [0.5, 0.6) is 0 Å². The number of alkyl carbamates (subject to hydrolysis) is 1. The maximum absolute atomic E-state index is 11.9. The molecule has 0 spiro atoms. The van der Waals surface area contributed by atoms with Crippen molar-refractivity contribution in [1.82, 2.24) is 16.0 Å². The average Bonchev–Trinajstić information content (AvgIpc) is 2.43. The van der Waals surface area contributed by atoms with Crippen molar-refractivity contribution in [1.29, 1.82) is 5.41 Å². The largest absolute Gasteiger partial charge is 0.444 e. The lowest BCUT2D eigenvalue weighted by Gasteiger charge is -2.22. The van der Waals surface area contributed by atoms with Crippen LogP contribution < -0.4 is 16.0 Å². The Balaban J connectivity index is 2.30. The van der Waals surface area contributed by atoms with Crippen LogP contribution >= 0.6 is 11.8 Å². The van der Waals surface area contributed by atoms with Gasteiger partial charge in [-0.3, -0.25) is 10.2 Å². The number of nitrogens with one attached hydrogen (secondary N) is 4. The summed E-state index contributed by atoms with van der Waals surface area (Å²) in [4.78, 5) is 24.5. The summed E-state index contributed by atoms with van der Waals surface area (Å²) in [5.41, 5.74) is -0.562. The number of hydrogen-bond donors (Lipinski definition) is 4. The molecule has 1 heterocycles. The fraction of sp³-hybridized carbons (Fsp3) is 0.667. The van der Waals surface area contributed by atoms with Crippen molar-refractivity contribution in [3.8, 4) is 0 Å². The Hall–Kier alpha value is -1.54. The summed E-state index contributed by atoms with van der Waals surface area (Å²) < 4.78 is 5.14. The molecule has 1 aliphatic heterocycles. The van der Waals surface area contributed by atoms with Gasteiger partial charge in [0.1, 0.15) is 5.60 Å². The van der Waals surface area contributed by atoms with Crippen LogP contribution in [0.2, 0.25) is 0 Å². The molecule has 0 fully saturated rings. The van der Waals surface area contributed by atoms with E-state index in [1.165, 1.54) is 0 Å². The first-order chi connectivity index (χ1) is 10.7. The maximum Gasteiger partial charge on any atom is 0.407 e. The first-order valence-electron chi connectivity index (χ1n) is 7.61. The molecule has 23 heavy (non-hydrogen) atoms. The minimum Gasteiger partial charge on any atom is -0.444 e. The van der Waals surface area contributed by atoms with Gasteiger partial charge in [0.15, 0.2) is 5.04 Å². The van der Waals surface area contributed by atoms with E-state index in [-0.39, 0.29) is 17.6 Å². The standard InChI is InChI=1S/C15H26N4O3S/c1-10(19-14(21)22-15(2,3)4)8-18-13(20)12(16)23-11-6-5-7-17-9-11/h6,10,16-17H,5,7-9H2,1-4H3,(H,18,20)(H,19,21). The van der Waals surface area contributed by atoms with Gasteiger partial charge in [-0.15, -0.1) is 0 Å². The van der Waals surface area contributed by atoms with Crippen molar-refractivity contribution < 1.29 is 14.3 Å². The zero-order valence-corrected chi connectivity index (χ0v) is 14.9. The lowest BCUT2D eigenvalue weighted by molar-refractivity contribution is -0.114. The molecule has 1 aliphatic rings. The molecular formula is C15H26N4O3S. The van der Waals surface area contributed by atoms with Crippen molar-refractivity contribution in [3.05, 3.63) is 11.0 Å². The summed E-state index contributed by atoms with van der Waals surface area (Å²) in [5.74, 6) is -0.445. The number of amides is 2. The van der Waals surface area contributed by atoms with E-state index < -0.39 is 17.6 Å². The molecule has 0 aromatic carbocycles. The van der Waals surface area contributed by atoms with Gasteiger partial charge < -0.3 is 20.7 Å². The van der Waals surface area contributed by atoms with Crippen LogP contribution in [0, 0.1) is 5.41 Å². The van der Waals surface area contributed by atoms with Crippen LogP contribution in [-0.2, 0) is 9.53 Å². The topological polar surface area (TPSA) is 103 Å². The third-order valence-corrected chi connectivity index (χ3v) is 3.73. The smallest absolute Gasteiger partial charge is 0.407 e. The fourth-order valence-corrected chi connectivity index (χ4v) is 2.56. The molecule has 1 rings (SSSR count). The molecule has 0 aliphatic carbocycles.